The maximum absolute atomic E-state index is 13.3. The van der Waals surface area contributed by atoms with Crippen molar-refractivity contribution in [1.29, 1.82) is 0 Å². The van der Waals surface area contributed by atoms with E-state index in [4.69, 9.17) is 9.47 Å². The molecule has 3 heterocycles. The number of hydrogen-bond acceptors (Lipinski definition) is 7. The molecular formula is C22H24F3N5O5. The molecule has 13 heteroatoms. The number of pyridine rings is 2. The van der Waals surface area contributed by atoms with E-state index in [1.165, 1.54) is 32.2 Å². The van der Waals surface area contributed by atoms with Crippen molar-refractivity contribution in [2.45, 2.75) is 45.5 Å². The van der Waals surface area contributed by atoms with Crippen LogP contribution in [0.4, 0.5) is 40.2 Å². The number of carbonyl (C=O) groups is 3. The van der Waals surface area contributed by atoms with E-state index in [0.29, 0.717) is 6.07 Å². The minimum atomic E-state index is -4.67. The van der Waals surface area contributed by atoms with Gasteiger partial charge in [0.05, 0.1) is 5.56 Å². The standard InChI is InChI=1S/C22H24F3N5O5/c1-12-9-13(22(23,24)25)10-17(26-12)30-14(11-34-20(30)33)18(31)29(5)16-8-6-7-15(27-16)28-19(32)35-21(2,3)4/h6-10,14H,11H2,1-5H3,(H,27,28,32)/t14-/m0/s1. The van der Waals surface area contributed by atoms with E-state index in [2.05, 4.69) is 15.3 Å². The first-order valence-corrected chi connectivity index (χ1v) is 10.4. The average molecular weight is 495 g/mol. The molecule has 0 radical (unpaired) electrons. The van der Waals surface area contributed by atoms with Crippen LogP contribution in [0.25, 0.3) is 0 Å². The number of amides is 3. The van der Waals surface area contributed by atoms with Crippen molar-refractivity contribution >= 4 is 35.5 Å². The van der Waals surface area contributed by atoms with E-state index in [9.17, 15) is 27.6 Å². The summed E-state index contributed by atoms with van der Waals surface area (Å²) in [4.78, 5) is 47.6. The van der Waals surface area contributed by atoms with Crippen LogP contribution in [0.3, 0.4) is 0 Å². The van der Waals surface area contributed by atoms with Gasteiger partial charge >= 0.3 is 18.4 Å². The highest BCUT2D eigenvalue weighted by atomic mass is 19.4. The quantitative estimate of drug-likeness (QED) is 0.678. The van der Waals surface area contributed by atoms with E-state index < -0.39 is 48.1 Å². The van der Waals surface area contributed by atoms with Crippen molar-refractivity contribution in [1.82, 2.24) is 9.97 Å². The molecule has 3 rings (SSSR count). The Morgan fingerprint density at radius 1 is 1.20 bits per heavy atom. The Morgan fingerprint density at radius 3 is 2.51 bits per heavy atom. The second-order valence-electron chi connectivity index (χ2n) is 8.72. The Hall–Kier alpha value is -3.90. The molecule has 1 fully saturated rings. The molecule has 0 bridgehead atoms. The molecule has 2 aromatic heterocycles. The zero-order valence-electron chi connectivity index (χ0n) is 19.6. The fourth-order valence-corrected chi connectivity index (χ4v) is 3.22. The molecular weight excluding hydrogens is 471 g/mol. The lowest BCUT2D eigenvalue weighted by atomic mass is 10.2. The van der Waals surface area contributed by atoms with Crippen LogP contribution in [0.15, 0.2) is 30.3 Å². The Kier molecular flexibility index (Phi) is 6.90. The van der Waals surface area contributed by atoms with Crippen LogP contribution in [0, 0.1) is 6.92 Å². The minimum Gasteiger partial charge on any atom is -0.446 e. The summed E-state index contributed by atoms with van der Waals surface area (Å²) in [5.41, 5.74) is -1.73. The summed E-state index contributed by atoms with van der Waals surface area (Å²) in [6.07, 6.45) is -6.42. The summed E-state index contributed by atoms with van der Waals surface area (Å²) in [6.45, 7) is 6.03. The molecule has 1 aliphatic rings. The van der Waals surface area contributed by atoms with E-state index in [0.717, 1.165) is 15.9 Å². The molecule has 10 nitrogen and oxygen atoms in total. The number of aryl methyl sites for hydroxylation is 1. The van der Waals surface area contributed by atoms with Crippen molar-refractivity contribution < 1.29 is 37.0 Å². The van der Waals surface area contributed by atoms with Gasteiger partial charge in [0.15, 0.2) is 6.04 Å². The molecule has 1 N–H and O–H groups in total. The molecule has 188 valence electrons. The predicted octanol–water partition coefficient (Wildman–Crippen LogP) is 4.14. The van der Waals surface area contributed by atoms with Gasteiger partial charge in [0.25, 0.3) is 5.91 Å². The molecule has 1 aliphatic heterocycles. The number of cyclic esters (lactones) is 1. The number of carbonyl (C=O) groups excluding carboxylic acids is 3. The Morgan fingerprint density at radius 2 is 1.89 bits per heavy atom. The van der Waals surface area contributed by atoms with Gasteiger partial charge in [-0.2, -0.15) is 13.2 Å². The number of hydrogen-bond donors (Lipinski definition) is 1. The molecule has 35 heavy (non-hydrogen) atoms. The Bertz CT molecular complexity index is 1150. The van der Waals surface area contributed by atoms with Crippen molar-refractivity contribution in [2.24, 2.45) is 0 Å². The van der Waals surface area contributed by atoms with Crippen LogP contribution < -0.4 is 15.1 Å². The van der Waals surface area contributed by atoms with Crippen LogP contribution in [0.5, 0.6) is 0 Å². The molecule has 3 amide bonds. The molecule has 2 aromatic rings. The maximum Gasteiger partial charge on any atom is 0.416 e. The van der Waals surface area contributed by atoms with E-state index >= 15 is 0 Å². The summed E-state index contributed by atoms with van der Waals surface area (Å²) in [6, 6.07) is 4.73. The molecule has 0 aromatic carbocycles. The number of aromatic nitrogens is 2. The van der Waals surface area contributed by atoms with Gasteiger partial charge < -0.3 is 9.47 Å². The molecule has 0 unspecified atom stereocenters. The highest BCUT2D eigenvalue weighted by Gasteiger charge is 2.43. The van der Waals surface area contributed by atoms with Crippen LogP contribution in [-0.2, 0) is 20.4 Å². The molecule has 0 spiro atoms. The minimum absolute atomic E-state index is 0.0108. The fraction of sp³-hybridized carbons (Fsp3) is 0.409. The van der Waals surface area contributed by atoms with E-state index in [-0.39, 0.29) is 23.1 Å². The van der Waals surface area contributed by atoms with Crippen LogP contribution in [0.2, 0.25) is 0 Å². The second-order valence-corrected chi connectivity index (χ2v) is 8.72. The number of halogens is 3. The van der Waals surface area contributed by atoms with Gasteiger partial charge in [-0.15, -0.1) is 0 Å². The zero-order chi connectivity index (χ0) is 26.1. The fourth-order valence-electron chi connectivity index (χ4n) is 3.22. The molecule has 1 atom stereocenters. The third-order valence-electron chi connectivity index (χ3n) is 4.71. The molecule has 0 saturated carbocycles. The van der Waals surface area contributed by atoms with Crippen LogP contribution in [-0.4, -0.2) is 53.4 Å². The number of alkyl halides is 3. The van der Waals surface area contributed by atoms with Gasteiger partial charge in [-0.1, -0.05) is 6.07 Å². The smallest absolute Gasteiger partial charge is 0.416 e. The van der Waals surface area contributed by atoms with E-state index in [1.54, 1.807) is 20.8 Å². The molecule has 0 aliphatic carbocycles. The highest BCUT2D eigenvalue weighted by Crippen LogP contribution is 2.33. The van der Waals surface area contributed by atoms with Crippen LogP contribution >= 0.6 is 0 Å². The van der Waals surface area contributed by atoms with Gasteiger partial charge in [-0.05, 0) is 52.0 Å². The summed E-state index contributed by atoms with van der Waals surface area (Å²) in [5, 5.41) is 2.45. The summed E-state index contributed by atoms with van der Waals surface area (Å²) in [5.74, 6) is -0.840. The number of anilines is 3. The summed E-state index contributed by atoms with van der Waals surface area (Å²) in [7, 11) is 1.37. The first kappa shape index (κ1) is 25.7. The van der Waals surface area contributed by atoms with Gasteiger partial charge in [-0.25, -0.2) is 24.5 Å². The first-order chi connectivity index (χ1) is 16.2. The van der Waals surface area contributed by atoms with Crippen molar-refractivity contribution in [3.8, 4) is 0 Å². The van der Waals surface area contributed by atoms with Gasteiger partial charge in [0, 0.05) is 12.7 Å². The number of likely N-dealkylation sites (N-methyl/N-ethyl adjacent to an activating group) is 1. The largest absolute Gasteiger partial charge is 0.446 e. The lowest BCUT2D eigenvalue weighted by Gasteiger charge is -2.25. The lowest BCUT2D eigenvalue weighted by Crippen LogP contribution is -2.47. The first-order valence-electron chi connectivity index (χ1n) is 10.4. The SMILES string of the molecule is Cc1cc(C(F)(F)F)cc(N2C(=O)OC[C@H]2C(=O)N(C)c2cccc(NC(=O)OC(C)(C)C)n2)n1. The predicted molar refractivity (Wildman–Crippen MR) is 119 cm³/mol. The number of nitrogens with one attached hydrogen (secondary N) is 1. The second kappa shape index (κ2) is 9.39. The summed E-state index contributed by atoms with van der Waals surface area (Å²) < 4.78 is 49.9. The molecule has 1 saturated heterocycles. The number of nitrogens with zero attached hydrogens (tertiary/aromatic N) is 4. The van der Waals surface area contributed by atoms with Gasteiger partial charge in [0.1, 0.15) is 29.7 Å². The third-order valence-corrected chi connectivity index (χ3v) is 4.71. The van der Waals surface area contributed by atoms with Crippen molar-refractivity contribution in [3.63, 3.8) is 0 Å². The number of ether oxygens (including phenoxy) is 2. The van der Waals surface area contributed by atoms with E-state index in [1.807, 2.05) is 0 Å². The monoisotopic (exact) mass is 495 g/mol. The zero-order valence-corrected chi connectivity index (χ0v) is 19.6. The van der Waals surface area contributed by atoms with Crippen molar-refractivity contribution in [2.75, 3.05) is 28.8 Å². The highest BCUT2D eigenvalue weighted by molar-refractivity contribution is 6.05. The third kappa shape index (κ3) is 6.16. The van der Waals surface area contributed by atoms with Crippen molar-refractivity contribution in [3.05, 3.63) is 41.6 Å². The maximum atomic E-state index is 13.3. The number of rotatable bonds is 4. The average Bonchev–Trinajstić information content (AvgIpc) is 3.11. The van der Waals surface area contributed by atoms with Gasteiger partial charge in [0.2, 0.25) is 0 Å². The lowest BCUT2D eigenvalue weighted by molar-refractivity contribution is -0.137. The van der Waals surface area contributed by atoms with Crippen LogP contribution in [0.1, 0.15) is 32.0 Å². The normalized spacial score (nSPS) is 16.1. The van der Waals surface area contributed by atoms with Gasteiger partial charge in [-0.3, -0.25) is 15.0 Å². The topological polar surface area (TPSA) is 114 Å². The Balaban J connectivity index is 1.84. The Labute approximate surface area is 199 Å². The summed E-state index contributed by atoms with van der Waals surface area (Å²) >= 11 is 0.